The summed E-state index contributed by atoms with van der Waals surface area (Å²) in [5, 5.41) is 3.52. The summed E-state index contributed by atoms with van der Waals surface area (Å²) in [6.45, 7) is 2.89. The van der Waals surface area contributed by atoms with Gasteiger partial charge in [0.25, 0.3) is 5.56 Å². The lowest BCUT2D eigenvalue weighted by molar-refractivity contribution is 0.0636. The summed E-state index contributed by atoms with van der Waals surface area (Å²) in [5.41, 5.74) is -0.754. The fourth-order valence-corrected chi connectivity index (χ4v) is 5.27. The Labute approximate surface area is 194 Å². The Balaban J connectivity index is 1.09. The van der Waals surface area contributed by atoms with E-state index in [1.54, 1.807) is 6.20 Å². The zero-order valence-electron chi connectivity index (χ0n) is 18.6. The molecule has 0 aromatic carbocycles. The van der Waals surface area contributed by atoms with E-state index in [0.717, 1.165) is 30.5 Å². The van der Waals surface area contributed by atoms with Crippen molar-refractivity contribution in [2.24, 2.45) is 0 Å². The highest BCUT2D eigenvalue weighted by molar-refractivity contribution is 5.81. The van der Waals surface area contributed by atoms with Gasteiger partial charge in [-0.05, 0) is 32.0 Å². The zero-order chi connectivity index (χ0) is 23.3. The first-order valence-electron chi connectivity index (χ1n) is 11.6. The number of rotatable bonds is 5. The zero-order valence-corrected chi connectivity index (χ0v) is 18.6. The molecule has 6 heterocycles. The third-order valence-electron chi connectivity index (χ3n) is 6.93. The van der Waals surface area contributed by atoms with Gasteiger partial charge in [-0.15, -0.1) is 0 Å². The molecular weight excluding hydrogens is 444 g/mol. The maximum Gasteiger partial charge on any atom is 0.251 e. The molecule has 1 atom stereocenters. The summed E-state index contributed by atoms with van der Waals surface area (Å²) in [6.07, 6.45) is 4.41. The fourth-order valence-electron chi connectivity index (χ4n) is 5.27. The van der Waals surface area contributed by atoms with Gasteiger partial charge in [0.15, 0.2) is 17.2 Å². The highest BCUT2D eigenvalue weighted by Crippen LogP contribution is 2.41. The van der Waals surface area contributed by atoms with Crippen LogP contribution in [0, 0.1) is 5.82 Å². The summed E-state index contributed by atoms with van der Waals surface area (Å²) >= 11 is 0. The quantitative estimate of drug-likeness (QED) is 0.613. The number of halogens is 2. The lowest BCUT2D eigenvalue weighted by Gasteiger charge is -2.36. The van der Waals surface area contributed by atoms with Crippen LogP contribution in [-0.4, -0.2) is 58.3 Å². The van der Waals surface area contributed by atoms with E-state index in [-0.39, 0.29) is 35.8 Å². The van der Waals surface area contributed by atoms with Crippen LogP contribution in [-0.2, 0) is 18.8 Å². The van der Waals surface area contributed by atoms with E-state index >= 15 is 4.39 Å². The smallest absolute Gasteiger partial charge is 0.251 e. The van der Waals surface area contributed by atoms with Gasteiger partial charge in [-0.3, -0.25) is 19.7 Å². The summed E-state index contributed by atoms with van der Waals surface area (Å²) in [7, 11) is 0. The molecule has 178 valence electrons. The fraction of sp³-hybridized carbons (Fsp3) is 0.458. The number of hydrogen-bond acceptors (Lipinski definition) is 7. The Bertz CT molecular complexity index is 1310. The molecule has 3 aliphatic rings. The monoisotopic (exact) mass is 469 g/mol. The molecule has 1 saturated heterocycles. The molecule has 8 nitrogen and oxygen atoms in total. The molecule has 0 aliphatic carbocycles. The lowest BCUT2D eigenvalue weighted by Crippen LogP contribution is -2.47. The molecule has 0 unspecified atom stereocenters. The maximum absolute atomic E-state index is 16.2. The second-order valence-electron chi connectivity index (χ2n) is 9.19. The first-order valence-corrected chi connectivity index (χ1v) is 11.6. The van der Waals surface area contributed by atoms with Crippen molar-refractivity contribution in [2.45, 2.75) is 37.6 Å². The van der Waals surface area contributed by atoms with Crippen LogP contribution in [0.4, 0.5) is 8.78 Å². The van der Waals surface area contributed by atoms with E-state index in [1.165, 1.54) is 16.7 Å². The third kappa shape index (κ3) is 3.70. The SMILES string of the molecule is O=c1ccc2ncc(F)c3c2n1C[C@@]3(F)CN1CCC(NCc2cc3c(cn2)OCCO3)CC1. The van der Waals surface area contributed by atoms with Crippen LogP contribution in [0.2, 0.25) is 0 Å². The molecule has 10 heteroatoms. The van der Waals surface area contributed by atoms with Crippen LogP contribution < -0.4 is 20.3 Å². The predicted octanol–water partition coefficient (Wildman–Crippen LogP) is 2.13. The van der Waals surface area contributed by atoms with Gasteiger partial charge in [0.05, 0.1) is 41.2 Å². The summed E-state index contributed by atoms with van der Waals surface area (Å²) in [4.78, 5) is 22.8. The highest BCUT2D eigenvalue weighted by Gasteiger charge is 2.45. The molecule has 0 amide bonds. The number of ether oxygens (including phenoxy) is 2. The average molecular weight is 469 g/mol. The summed E-state index contributed by atoms with van der Waals surface area (Å²) < 4.78 is 43.3. The summed E-state index contributed by atoms with van der Waals surface area (Å²) in [5.74, 6) is 0.688. The number of pyridine rings is 3. The van der Waals surface area contributed by atoms with Crippen molar-refractivity contribution < 1.29 is 18.3 Å². The van der Waals surface area contributed by atoms with Crippen LogP contribution >= 0.6 is 0 Å². The number of aromatic nitrogens is 3. The number of fused-ring (bicyclic) bond motifs is 1. The predicted molar refractivity (Wildman–Crippen MR) is 120 cm³/mol. The van der Waals surface area contributed by atoms with E-state index in [0.29, 0.717) is 44.1 Å². The van der Waals surface area contributed by atoms with Crippen LogP contribution in [0.1, 0.15) is 24.1 Å². The molecule has 3 aliphatic heterocycles. The number of piperidine rings is 1. The molecular formula is C24H25F2N5O3. The van der Waals surface area contributed by atoms with Crippen molar-refractivity contribution in [3.05, 3.63) is 58.0 Å². The topological polar surface area (TPSA) is 81.5 Å². The minimum Gasteiger partial charge on any atom is -0.486 e. The van der Waals surface area contributed by atoms with Gasteiger partial charge in [0, 0.05) is 31.3 Å². The van der Waals surface area contributed by atoms with Crippen molar-refractivity contribution in [3.8, 4) is 11.5 Å². The minimum absolute atomic E-state index is 0.0415. The van der Waals surface area contributed by atoms with Crippen molar-refractivity contribution >= 4 is 11.0 Å². The molecule has 0 spiro atoms. The van der Waals surface area contributed by atoms with Crippen LogP contribution in [0.5, 0.6) is 11.5 Å². The van der Waals surface area contributed by atoms with Crippen molar-refractivity contribution in [3.63, 3.8) is 0 Å². The standard InChI is InChI=1S/C24H25F2N5O3/c25-17-11-29-18-1-2-21(32)31-14-24(26,22(17)23(18)31)13-30-5-3-15(4-6-30)27-10-16-9-19-20(12-28-16)34-8-7-33-19/h1-2,9,11-12,15,27H,3-8,10,13-14H2/t24-/m0/s1. The average Bonchev–Trinajstić information content (AvgIpc) is 3.17. The molecule has 0 bridgehead atoms. The molecule has 0 saturated carbocycles. The maximum atomic E-state index is 16.2. The number of likely N-dealkylation sites (tertiary alicyclic amines) is 1. The Kier molecular flexibility index (Phi) is 5.22. The van der Waals surface area contributed by atoms with E-state index in [1.807, 2.05) is 11.0 Å². The molecule has 6 rings (SSSR count). The molecule has 1 N–H and O–H groups in total. The first-order chi connectivity index (χ1) is 16.5. The largest absolute Gasteiger partial charge is 0.486 e. The summed E-state index contributed by atoms with van der Waals surface area (Å²) in [6, 6.07) is 5.05. The molecule has 0 radical (unpaired) electrons. The number of alkyl halides is 1. The van der Waals surface area contributed by atoms with Crippen molar-refractivity contribution in [1.82, 2.24) is 24.8 Å². The Hall–Kier alpha value is -3.11. The first kappa shape index (κ1) is 21.4. The Morgan fingerprint density at radius 2 is 1.91 bits per heavy atom. The van der Waals surface area contributed by atoms with Gasteiger partial charge in [0.2, 0.25) is 0 Å². The number of nitrogens with zero attached hydrogens (tertiary/aromatic N) is 4. The minimum atomic E-state index is -1.96. The Morgan fingerprint density at radius 1 is 1.12 bits per heavy atom. The van der Waals surface area contributed by atoms with E-state index in [2.05, 4.69) is 15.3 Å². The Morgan fingerprint density at radius 3 is 2.74 bits per heavy atom. The van der Waals surface area contributed by atoms with Gasteiger partial charge >= 0.3 is 0 Å². The van der Waals surface area contributed by atoms with Crippen LogP contribution in [0.25, 0.3) is 11.0 Å². The van der Waals surface area contributed by atoms with Crippen LogP contribution in [0.3, 0.4) is 0 Å². The molecule has 3 aromatic rings. The third-order valence-corrected chi connectivity index (χ3v) is 6.93. The highest BCUT2D eigenvalue weighted by atomic mass is 19.1. The second kappa shape index (κ2) is 8.28. The van der Waals surface area contributed by atoms with Gasteiger partial charge in [0.1, 0.15) is 19.0 Å². The van der Waals surface area contributed by atoms with E-state index in [4.69, 9.17) is 9.47 Å². The second-order valence-corrected chi connectivity index (χ2v) is 9.19. The van der Waals surface area contributed by atoms with E-state index in [9.17, 15) is 9.18 Å². The molecule has 34 heavy (non-hydrogen) atoms. The van der Waals surface area contributed by atoms with Crippen molar-refractivity contribution in [1.29, 1.82) is 0 Å². The number of hydrogen-bond donors (Lipinski definition) is 1. The van der Waals surface area contributed by atoms with Gasteiger partial charge in [-0.1, -0.05) is 0 Å². The van der Waals surface area contributed by atoms with Crippen molar-refractivity contribution in [2.75, 3.05) is 32.8 Å². The van der Waals surface area contributed by atoms with E-state index < -0.39 is 11.5 Å². The van der Waals surface area contributed by atoms with Gasteiger partial charge < -0.3 is 19.4 Å². The number of nitrogens with one attached hydrogen (secondary N) is 1. The molecule has 1 fully saturated rings. The lowest BCUT2D eigenvalue weighted by atomic mass is 9.95. The van der Waals surface area contributed by atoms with Crippen LogP contribution in [0.15, 0.2) is 35.4 Å². The molecule has 3 aromatic heterocycles. The normalized spacial score (nSPS) is 22.4. The van der Waals surface area contributed by atoms with Gasteiger partial charge in [-0.2, -0.15) is 0 Å². The van der Waals surface area contributed by atoms with Gasteiger partial charge in [-0.25, -0.2) is 8.78 Å².